The monoisotopic (exact) mass is 452 g/mol. The van der Waals surface area contributed by atoms with Gasteiger partial charge in [0.1, 0.15) is 17.2 Å². The van der Waals surface area contributed by atoms with Crippen LogP contribution >= 0.6 is 0 Å². The number of hydrogen-bond donors (Lipinski definition) is 2. The summed E-state index contributed by atoms with van der Waals surface area (Å²) < 4.78 is 19.3. The Morgan fingerprint density at radius 1 is 1.18 bits per heavy atom. The molecule has 0 saturated carbocycles. The van der Waals surface area contributed by atoms with E-state index in [2.05, 4.69) is 15.3 Å². The zero-order chi connectivity index (χ0) is 23.6. The van der Waals surface area contributed by atoms with E-state index in [0.29, 0.717) is 49.4 Å². The minimum atomic E-state index is -0.536. The van der Waals surface area contributed by atoms with Gasteiger partial charge in [-0.2, -0.15) is 0 Å². The van der Waals surface area contributed by atoms with E-state index in [1.807, 2.05) is 39.0 Å². The Bertz CT molecular complexity index is 1160. The lowest BCUT2D eigenvalue weighted by Crippen LogP contribution is -2.43. The molecule has 1 aromatic heterocycles. The number of imidazole rings is 1. The maximum atomic E-state index is 13.9. The van der Waals surface area contributed by atoms with E-state index in [9.17, 15) is 14.0 Å². The average molecular weight is 453 g/mol. The lowest BCUT2D eigenvalue weighted by molar-refractivity contribution is -0.121. The predicted octanol–water partition coefficient (Wildman–Crippen LogP) is 4.88. The number of rotatable bonds is 4. The highest BCUT2D eigenvalue weighted by atomic mass is 19.1. The molecule has 3 aromatic rings. The summed E-state index contributed by atoms with van der Waals surface area (Å²) in [4.78, 5) is 34.4. The van der Waals surface area contributed by atoms with Crippen LogP contribution in [-0.4, -0.2) is 45.6 Å². The van der Waals surface area contributed by atoms with Crippen molar-refractivity contribution in [1.29, 1.82) is 0 Å². The molecule has 0 radical (unpaired) electrons. The second kappa shape index (κ2) is 9.21. The molecule has 2 aromatic carbocycles. The number of benzene rings is 2. The van der Waals surface area contributed by atoms with Crippen molar-refractivity contribution in [1.82, 2.24) is 14.9 Å². The molecular formula is C25H29FN4O3. The molecule has 0 bridgehead atoms. The van der Waals surface area contributed by atoms with Crippen molar-refractivity contribution in [3.05, 3.63) is 59.7 Å². The van der Waals surface area contributed by atoms with Gasteiger partial charge in [-0.15, -0.1) is 0 Å². The van der Waals surface area contributed by atoms with Crippen molar-refractivity contribution in [2.45, 2.75) is 45.6 Å². The fourth-order valence-corrected chi connectivity index (χ4v) is 3.94. The summed E-state index contributed by atoms with van der Waals surface area (Å²) in [6.07, 6.45) is 1.20. The number of halogens is 1. The van der Waals surface area contributed by atoms with Crippen LogP contribution in [0.2, 0.25) is 0 Å². The molecule has 1 aliphatic rings. The SMILES string of the molecule is CC(C)(C)OC(=O)N1CCC(C(=O)Nc2ccc3nc(Cc4ccccc4F)[nH]c3c2)CC1. The smallest absolute Gasteiger partial charge is 0.410 e. The van der Waals surface area contributed by atoms with Gasteiger partial charge < -0.3 is 19.9 Å². The number of nitrogens with one attached hydrogen (secondary N) is 2. The van der Waals surface area contributed by atoms with Gasteiger partial charge >= 0.3 is 6.09 Å². The third kappa shape index (κ3) is 5.69. The molecule has 2 heterocycles. The van der Waals surface area contributed by atoms with Gasteiger partial charge in [0.05, 0.1) is 11.0 Å². The second-order valence-electron chi connectivity index (χ2n) is 9.41. The van der Waals surface area contributed by atoms with Gasteiger partial charge in [0.15, 0.2) is 0 Å². The Morgan fingerprint density at radius 3 is 2.61 bits per heavy atom. The van der Waals surface area contributed by atoms with Crippen LogP contribution in [0.4, 0.5) is 14.9 Å². The molecule has 33 heavy (non-hydrogen) atoms. The van der Waals surface area contributed by atoms with Crippen molar-refractivity contribution in [2.24, 2.45) is 5.92 Å². The Labute approximate surface area is 192 Å². The molecule has 0 atom stereocenters. The summed E-state index contributed by atoms with van der Waals surface area (Å²) in [6, 6.07) is 12.1. The minimum Gasteiger partial charge on any atom is -0.444 e. The van der Waals surface area contributed by atoms with E-state index in [0.717, 1.165) is 11.0 Å². The van der Waals surface area contributed by atoms with Crippen LogP contribution < -0.4 is 5.32 Å². The van der Waals surface area contributed by atoms with Gasteiger partial charge in [-0.05, 0) is 63.4 Å². The third-order valence-corrected chi connectivity index (χ3v) is 5.63. The third-order valence-electron chi connectivity index (χ3n) is 5.63. The molecule has 7 nitrogen and oxygen atoms in total. The molecule has 0 aliphatic carbocycles. The number of piperidine rings is 1. The van der Waals surface area contributed by atoms with Crippen molar-refractivity contribution < 1.29 is 18.7 Å². The van der Waals surface area contributed by atoms with Gasteiger partial charge in [0.25, 0.3) is 0 Å². The van der Waals surface area contributed by atoms with Crippen molar-refractivity contribution >= 4 is 28.7 Å². The highest BCUT2D eigenvalue weighted by Gasteiger charge is 2.30. The van der Waals surface area contributed by atoms with Crippen molar-refractivity contribution in [3.8, 4) is 0 Å². The van der Waals surface area contributed by atoms with Gasteiger partial charge in [-0.25, -0.2) is 14.2 Å². The maximum absolute atomic E-state index is 13.9. The van der Waals surface area contributed by atoms with Crippen LogP contribution in [0.1, 0.15) is 45.0 Å². The highest BCUT2D eigenvalue weighted by molar-refractivity contribution is 5.94. The Hall–Kier alpha value is -3.42. The topological polar surface area (TPSA) is 87.3 Å². The van der Waals surface area contributed by atoms with Crippen molar-refractivity contribution in [2.75, 3.05) is 18.4 Å². The standard InChI is InChI=1S/C25H29FN4O3/c1-25(2,3)33-24(32)30-12-10-16(11-13-30)23(31)27-18-8-9-20-21(15-18)29-22(28-20)14-17-6-4-5-7-19(17)26/h4-9,15-16H,10-14H2,1-3H3,(H,27,31)(H,28,29). The molecule has 1 aliphatic heterocycles. The first-order valence-electron chi connectivity index (χ1n) is 11.2. The highest BCUT2D eigenvalue weighted by Crippen LogP contribution is 2.23. The fraction of sp³-hybridized carbons (Fsp3) is 0.400. The summed E-state index contributed by atoms with van der Waals surface area (Å²) in [5, 5.41) is 2.97. The number of carbonyl (C=O) groups is 2. The average Bonchev–Trinajstić information content (AvgIpc) is 3.16. The van der Waals surface area contributed by atoms with Crippen LogP contribution in [0.5, 0.6) is 0 Å². The van der Waals surface area contributed by atoms with Crippen molar-refractivity contribution in [3.63, 3.8) is 0 Å². The number of hydrogen-bond acceptors (Lipinski definition) is 4. The number of carbonyl (C=O) groups excluding carboxylic acids is 2. The van der Waals surface area contributed by atoms with E-state index < -0.39 is 5.60 Å². The second-order valence-corrected chi connectivity index (χ2v) is 9.41. The number of likely N-dealkylation sites (tertiary alicyclic amines) is 1. The van der Waals surface area contributed by atoms with Gasteiger partial charge in [-0.3, -0.25) is 4.79 Å². The van der Waals surface area contributed by atoms with Crippen LogP contribution in [0.15, 0.2) is 42.5 Å². The largest absolute Gasteiger partial charge is 0.444 e. The van der Waals surface area contributed by atoms with Gasteiger partial charge in [-0.1, -0.05) is 18.2 Å². The zero-order valence-corrected chi connectivity index (χ0v) is 19.2. The number of aromatic amines is 1. The Morgan fingerprint density at radius 2 is 1.91 bits per heavy atom. The molecule has 1 saturated heterocycles. The van der Waals surface area contributed by atoms with E-state index in [1.54, 1.807) is 23.1 Å². The number of amides is 2. The summed E-state index contributed by atoms with van der Waals surface area (Å²) >= 11 is 0. The van der Waals surface area contributed by atoms with Gasteiger partial charge in [0.2, 0.25) is 5.91 Å². The zero-order valence-electron chi connectivity index (χ0n) is 19.2. The maximum Gasteiger partial charge on any atom is 0.410 e. The summed E-state index contributed by atoms with van der Waals surface area (Å²) in [7, 11) is 0. The minimum absolute atomic E-state index is 0.0655. The van der Waals surface area contributed by atoms with Crippen LogP contribution in [0.25, 0.3) is 11.0 Å². The summed E-state index contributed by atoms with van der Waals surface area (Å²) in [5.41, 5.74) is 2.24. The first kappa shape index (κ1) is 22.8. The number of anilines is 1. The molecule has 2 amide bonds. The normalized spacial score (nSPS) is 15.0. The van der Waals surface area contributed by atoms with Gasteiger partial charge in [0, 0.05) is 31.1 Å². The molecular weight excluding hydrogens is 423 g/mol. The van der Waals surface area contributed by atoms with E-state index in [-0.39, 0.29) is 23.7 Å². The van der Waals surface area contributed by atoms with E-state index >= 15 is 0 Å². The van der Waals surface area contributed by atoms with Crippen LogP contribution in [-0.2, 0) is 16.0 Å². The predicted molar refractivity (Wildman–Crippen MR) is 124 cm³/mol. The molecule has 4 rings (SSSR count). The number of aromatic nitrogens is 2. The molecule has 1 fully saturated rings. The number of fused-ring (bicyclic) bond motifs is 1. The lowest BCUT2D eigenvalue weighted by atomic mass is 9.96. The van der Waals surface area contributed by atoms with E-state index in [4.69, 9.17) is 4.74 Å². The molecule has 8 heteroatoms. The molecule has 2 N–H and O–H groups in total. The summed E-state index contributed by atoms with van der Waals surface area (Å²) in [5.74, 6) is 0.166. The summed E-state index contributed by atoms with van der Waals surface area (Å²) in [6.45, 7) is 6.50. The fourth-order valence-electron chi connectivity index (χ4n) is 3.94. The quantitative estimate of drug-likeness (QED) is 0.591. The Kier molecular flexibility index (Phi) is 6.35. The first-order valence-corrected chi connectivity index (χ1v) is 11.2. The number of ether oxygens (including phenoxy) is 1. The first-order chi connectivity index (χ1) is 15.7. The van der Waals surface area contributed by atoms with E-state index in [1.165, 1.54) is 6.07 Å². The lowest BCUT2D eigenvalue weighted by Gasteiger charge is -2.32. The molecule has 0 unspecified atom stereocenters. The van der Waals surface area contributed by atoms with Crippen LogP contribution in [0, 0.1) is 11.7 Å². The van der Waals surface area contributed by atoms with Crippen LogP contribution in [0.3, 0.4) is 0 Å². The Balaban J connectivity index is 1.35. The molecule has 0 spiro atoms. The number of nitrogens with zero attached hydrogens (tertiary/aromatic N) is 2. The molecule has 174 valence electrons. The number of H-pyrrole nitrogens is 1.